The molecule has 0 radical (unpaired) electrons. The second-order valence-corrected chi connectivity index (χ2v) is 6.65. The quantitative estimate of drug-likeness (QED) is 0.907. The first kappa shape index (κ1) is 12.9. The molecule has 0 spiro atoms. The zero-order valence-electron chi connectivity index (χ0n) is 9.00. The Hall–Kier alpha value is -1.58. The minimum Gasteiger partial charge on any atom is -0.480 e. The van der Waals surface area contributed by atoms with Crippen LogP contribution in [0.3, 0.4) is 0 Å². The number of carboxylic acids is 1. The number of aliphatic carboxylic acids is 1. The molecule has 1 N–H and O–H groups in total. The third-order valence-corrected chi connectivity index (χ3v) is 5.49. The third kappa shape index (κ3) is 1.76. The average Bonchev–Trinajstić information content (AvgIpc) is 3.06. The lowest BCUT2D eigenvalue weighted by Crippen LogP contribution is -2.22. The van der Waals surface area contributed by atoms with Crippen molar-refractivity contribution in [1.82, 2.24) is 0 Å². The molecule has 1 aliphatic rings. The summed E-state index contributed by atoms with van der Waals surface area (Å²) in [5, 5.41) is 17.0. The minimum atomic E-state index is -3.81. The van der Waals surface area contributed by atoms with Gasteiger partial charge in [0.05, 0.1) is 16.2 Å². The first-order valence-electron chi connectivity index (χ1n) is 4.99. The Morgan fingerprint density at radius 1 is 1.44 bits per heavy atom. The maximum atomic E-state index is 12.1. The van der Waals surface area contributed by atoms with Crippen molar-refractivity contribution < 1.29 is 18.3 Å². The van der Waals surface area contributed by atoms with Gasteiger partial charge in [0, 0.05) is 5.02 Å². The van der Waals surface area contributed by atoms with Crippen molar-refractivity contribution in [3.8, 4) is 6.07 Å². The van der Waals surface area contributed by atoms with Crippen LogP contribution in [0.25, 0.3) is 0 Å². The molecule has 0 aromatic heterocycles. The highest BCUT2D eigenvalue weighted by atomic mass is 35.5. The molecule has 1 aromatic rings. The maximum absolute atomic E-state index is 12.1. The van der Waals surface area contributed by atoms with Crippen LogP contribution in [0.15, 0.2) is 29.2 Å². The second kappa shape index (κ2) is 3.97. The van der Waals surface area contributed by atoms with Gasteiger partial charge in [0.2, 0.25) is 0 Å². The Kier molecular flexibility index (Phi) is 2.84. The number of benzene rings is 1. The topological polar surface area (TPSA) is 95.2 Å². The Bertz CT molecular complexity index is 647. The summed E-state index contributed by atoms with van der Waals surface area (Å²) >= 11 is 5.65. The van der Waals surface area contributed by atoms with E-state index in [2.05, 4.69) is 0 Å². The summed E-state index contributed by atoms with van der Waals surface area (Å²) in [6.07, 6.45) is -0.177. The highest BCUT2D eigenvalue weighted by Crippen LogP contribution is 2.52. The number of hydrogen-bond acceptors (Lipinski definition) is 4. The Morgan fingerprint density at radius 3 is 2.39 bits per heavy atom. The first-order valence-corrected chi connectivity index (χ1v) is 6.91. The average molecular weight is 286 g/mol. The van der Waals surface area contributed by atoms with Crippen molar-refractivity contribution in [3.63, 3.8) is 0 Å². The van der Waals surface area contributed by atoms with Gasteiger partial charge in [-0.2, -0.15) is 5.26 Å². The molecule has 2 rings (SSSR count). The highest BCUT2D eigenvalue weighted by Gasteiger charge is 2.68. The number of sulfone groups is 1. The van der Waals surface area contributed by atoms with Crippen molar-refractivity contribution in [1.29, 1.82) is 5.26 Å². The molecule has 1 fully saturated rings. The normalized spacial score (nSPS) is 26.3. The molecule has 94 valence electrons. The number of hydrogen-bond donors (Lipinski definition) is 1. The van der Waals surface area contributed by atoms with Crippen LogP contribution in [0.1, 0.15) is 6.42 Å². The molecule has 7 heteroatoms. The predicted molar refractivity (Wildman–Crippen MR) is 62.7 cm³/mol. The van der Waals surface area contributed by atoms with Crippen molar-refractivity contribution in [3.05, 3.63) is 29.3 Å². The van der Waals surface area contributed by atoms with Crippen molar-refractivity contribution in [2.24, 2.45) is 5.41 Å². The largest absolute Gasteiger partial charge is 0.480 e. The fourth-order valence-electron chi connectivity index (χ4n) is 1.79. The lowest BCUT2D eigenvalue weighted by Gasteiger charge is -2.05. The first-order chi connectivity index (χ1) is 8.34. The van der Waals surface area contributed by atoms with Crippen LogP contribution < -0.4 is 0 Å². The molecule has 0 heterocycles. The molecule has 18 heavy (non-hydrogen) atoms. The van der Waals surface area contributed by atoms with Crippen LogP contribution in [0.2, 0.25) is 5.02 Å². The van der Waals surface area contributed by atoms with Crippen LogP contribution in [0.5, 0.6) is 0 Å². The number of halogens is 1. The minimum absolute atomic E-state index is 0.0183. The van der Waals surface area contributed by atoms with Crippen molar-refractivity contribution >= 4 is 27.4 Å². The van der Waals surface area contributed by atoms with Crippen LogP contribution in [0, 0.1) is 16.7 Å². The van der Waals surface area contributed by atoms with E-state index in [0.29, 0.717) is 5.02 Å². The molecule has 1 aromatic carbocycles. The Balaban J connectivity index is 2.39. The van der Waals surface area contributed by atoms with Gasteiger partial charge in [0.25, 0.3) is 0 Å². The monoisotopic (exact) mass is 285 g/mol. The molecule has 0 aliphatic heterocycles. The van der Waals surface area contributed by atoms with Gasteiger partial charge in [0.1, 0.15) is 0 Å². The maximum Gasteiger partial charge on any atom is 0.325 e. The van der Waals surface area contributed by atoms with E-state index in [1.807, 2.05) is 0 Å². The number of carboxylic acid groups (broad SMARTS) is 1. The van der Waals surface area contributed by atoms with Crippen LogP contribution in [-0.4, -0.2) is 24.7 Å². The van der Waals surface area contributed by atoms with Gasteiger partial charge in [0.15, 0.2) is 15.3 Å². The van der Waals surface area contributed by atoms with Crippen LogP contribution in [0.4, 0.5) is 0 Å². The number of rotatable bonds is 3. The summed E-state index contributed by atoms with van der Waals surface area (Å²) in [5.74, 6) is -1.40. The summed E-state index contributed by atoms with van der Waals surface area (Å²) in [6, 6.07) is 7.01. The Labute approximate surface area is 109 Å². The molecule has 2 atom stereocenters. The Morgan fingerprint density at radius 2 is 2.00 bits per heavy atom. The van der Waals surface area contributed by atoms with E-state index in [4.69, 9.17) is 22.0 Å². The zero-order chi connectivity index (χ0) is 13.6. The number of nitriles is 1. The van der Waals surface area contributed by atoms with E-state index in [0.717, 1.165) is 0 Å². The standard InChI is InChI=1S/C11H8ClNO4S/c12-7-1-3-8(4-2-7)18(16,17)9-5-11(9,6-13)10(14)15/h1-4,9H,5H2,(H,14,15)/t9-,11-/m1/s1. The van der Waals surface area contributed by atoms with Gasteiger partial charge in [-0.1, -0.05) is 11.6 Å². The lowest BCUT2D eigenvalue weighted by molar-refractivity contribution is -0.141. The van der Waals surface area contributed by atoms with E-state index >= 15 is 0 Å². The van der Waals surface area contributed by atoms with Gasteiger partial charge in [-0.15, -0.1) is 0 Å². The summed E-state index contributed by atoms with van der Waals surface area (Å²) < 4.78 is 24.3. The molecular formula is C11H8ClNO4S. The summed E-state index contributed by atoms with van der Waals surface area (Å²) in [4.78, 5) is 10.9. The molecule has 1 saturated carbocycles. The summed E-state index contributed by atoms with van der Waals surface area (Å²) in [5.41, 5.74) is -1.81. The summed E-state index contributed by atoms with van der Waals surface area (Å²) in [6.45, 7) is 0. The van der Waals surface area contributed by atoms with E-state index in [-0.39, 0.29) is 11.3 Å². The van der Waals surface area contributed by atoms with Gasteiger partial charge in [-0.25, -0.2) is 8.42 Å². The SMILES string of the molecule is N#C[C@]1(C(=O)O)C[C@H]1S(=O)(=O)c1ccc(Cl)cc1. The number of carbonyl (C=O) groups is 1. The fraction of sp³-hybridized carbons (Fsp3) is 0.273. The van der Waals surface area contributed by atoms with Gasteiger partial charge < -0.3 is 5.11 Å². The highest BCUT2D eigenvalue weighted by molar-refractivity contribution is 7.92. The molecule has 0 saturated heterocycles. The van der Waals surface area contributed by atoms with Crippen molar-refractivity contribution in [2.45, 2.75) is 16.6 Å². The van der Waals surface area contributed by atoms with Gasteiger partial charge in [-0.05, 0) is 30.7 Å². The van der Waals surface area contributed by atoms with Gasteiger partial charge in [-0.3, -0.25) is 4.79 Å². The molecule has 0 bridgehead atoms. The smallest absolute Gasteiger partial charge is 0.325 e. The van der Waals surface area contributed by atoms with E-state index in [9.17, 15) is 13.2 Å². The lowest BCUT2D eigenvalue weighted by atomic mass is 10.1. The molecular weight excluding hydrogens is 278 g/mol. The molecule has 5 nitrogen and oxygen atoms in total. The fourth-order valence-corrected chi connectivity index (χ4v) is 3.92. The molecule has 0 amide bonds. The van der Waals surface area contributed by atoms with Crippen molar-refractivity contribution in [2.75, 3.05) is 0 Å². The van der Waals surface area contributed by atoms with Crippen LogP contribution in [-0.2, 0) is 14.6 Å². The second-order valence-electron chi connectivity index (χ2n) is 4.08. The van der Waals surface area contributed by atoms with E-state index < -0.39 is 26.5 Å². The van der Waals surface area contributed by atoms with E-state index in [1.165, 1.54) is 24.3 Å². The third-order valence-electron chi connectivity index (χ3n) is 2.99. The van der Waals surface area contributed by atoms with E-state index in [1.54, 1.807) is 6.07 Å². The summed E-state index contributed by atoms with van der Waals surface area (Å²) in [7, 11) is -3.81. The molecule has 0 unspecified atom stereocenters. The van der Waals surface area contributed by atoms with Gasteiger partial charge >= 0.3 is 5.97 Å². The molecule has 1 aliphatic carbocycles. The zero-order valence-corrected chi connectivity index (χ0v) is 10.6. The number of nitrogens with zero attached hydrogens (tertiary/aromatic N) is 1. The predicted octanol–water partition coefficient (Wildman–Crippen LogP) is 1.48. The van der Waals surface area contributed by atoms with Crippen LogP contribution >= 0.6 is 11.6 Å².